The summed E-state index contributed by atoms with van der Waals surface area (Å²) in [6.45, 7) is 0.304. The molecule has 130 valence electrons. The van der Waals surface area contributed by atoms with Crippen molar-refractivity contribution in [2.45, 2.75) is 18.7 Å². The Balaban J connectivity index is 1.83. The van der Waals surface area contributed by atoms with Crippen LogP contribution in [0.3, 0.4) is 0 Å². The van der Waals surface area contributed by atoms with E-state index in [1.54, 1.807) is 0 Å². The number of H-pyrrole nitrogens is 1. The minimum atomic E-state index is -4.58. The van der Waals surface area contributed by atoms with Crippen molar-refractivity contribution in [3.05, 3.63) is 29.6 Å². The Kier molecular flexibility index (Phi) is 4.22. The lowest BCUT2D eigenvalue weighted by atomic mass is 9.94. The lowest BCUT2D eigenvalue weighted by Gasteiger charge is -2.35. The molecule has 0 radical (unpaired) electrons. The number of carbonyl (C=O) groups excluding carboxylic acids is 1. The molecule has 1 aromatic carbocycles. The van der Waals surface area contributed by atoms with E-state index in [-0.39, 0.29) is 41.6 Å². The maximum absolute atomic E-state index is 12.7. The van der Waals surface area contributed by atoms with Gasteiger partial charge in [-0.25, -0.2) is 4.98 Å². The molecule has 3 rings (SSSR count). The highest BCUT2D eigenvalue weighted by Gasteiger charge is 2.35. The standard InChI is InChI=1S/C15H16F3N3O3/c16-15(17,18)14-19-10-2-1-8(5-11(10)20-14)13(24)21-4-3-9(7-22)12(23)6-21/h1-2,5,9,12,22-23H,3-4,6-7H2,(H,19,20)/t9-,12-/m1/s1. The first kappa shape index (κ1) is 16.7. The lowest BCUT2D eigenvalue weighted by Crippen LogP contribution is -2.47. The van der Waals surface area contributed by atoms with E-state index in [4.69, 9.17) is 5.11 Å². The van der Waals surface area contributed by atoms with E-state index in [2.05, 4.69) is 9.97 Å². The van der Waals surface area contributed by atoms with E-state index in [1.807, 2.05) is 0 Å². The summed E-state index contributed by atoms with van der Waals surface area (Å²) in [7, 11) is 0. The third-order valence-corrected chi connectivity index (χ3v) is 4.24. The van der Waals surface area contributed by atoms with Gasteiger partial charge < -0.3 is 20.1 Å². The molecule has 6 nitrogen and oxygen atoms in total. The number of β-amino-alcohol motifs (C(OH)–C–C–N with tert-alkyl or cyclic N) is 1. The highest BCUT2D eigenvalue weighted by molar-refractivity contribution is 5.97. The van der Waals surface area contributed by atoms with Crippen molar-refractivity contribution < 1.29 is 28.2 Å². The SMILES string of the molecule is O=C(c1ccc2nc(C(F)(F)F)[nH]c2c1)N1CC[C@H](CO)[C@H](O)C1. The highest BCUT2D eigenvalue weighted by Crippen LogP contribution is 2.29. The van der Waals surface area contributed by atoms with Gasteiger partial charge in [-0.3, -0.25) is 4.79 Å². The molecule has 0 saturated carbocycles. The van der Waals surface area contributed by atoms with Crippen LogP contribution in [-0.4, -0.2) is 56.8 Å². The van der Waals surface area contributed by atoms with Crippen LogP contribution in [0.2, 0.25) is 0 Å². The van der Waals surface area contributed by atoms with Crippen LogP contribution < -0.4 is 0 Å². The van der Waals surface area contributed by atoms with E-state index < -0.39 is 18.1 Å². The topological polar surface area (TPSA) is 89.5 Å². The summed E-state index contributed by atoms with van der Waals surface area (Å²) in [6.07, 6.45) is -4.94. The smallest absolute Gasteiger partial charge is 0.396 e. The maximum Gasteiger partial charge on any atom is 0.449 e. The van der Waals surface area contributed by atoms with Gasteiger partial charge >= 0.3 is 6.18 Å². The van der Waals surface area contributed by atoms with Crippen LogP contribution in [0, 0.1) is 5.92 Å². The quantitative estimate of drug-likeness (QED) is 0.769. The second-order valence-corrected chi connectivity index (χ2v) is 5.86. The number of likely N-dealkylation sites (tertiary alicyclic amines) is 1. The Morgan fingerprint density at radius 2 is 2.17 bits per heavy atom. The van der Waals surface area contributed by atoms with Crippen LogP contribution in [0.1, 0.15) is 22.6 Å². The number of aromatic nitrogens is 2. The van der Waals surface area contributed by atoms with E-state index in [9.17, 15) is 23.1 Å². The molecule has 2 atom stereocenters. The number of fused-ring (bicyclic) bond motifs is 1. The van der Waals surface area contributed by atoms with Crippen LogP contribution in [0.5, 0.6) is 0 Å². The molecule has 1 saturated heterocycles. The largest absolute Gasteiger partial charge is 0.449 e. The normalized spacial score (nSPS) is 22.1. The van der Waals surface area contributed by atoms with Gasteiger partial charge in [0.25, 0.3) is 5.91 Å². The van der Waals surface area contributed by atoms with Crippen LogP contribution in [0.15, 0.2) is 18.2 Å². The summed E-state index contributed by atoms with van der Waals surface area (Å²) in [5, 5.41) is 19.0. The molecule has 1 fully saturated rings. The van der Waals surface area contributed by atoms with Crippen LogP contribution in [0.25, 0.3) is 11.0 Å². The van der Waals surface area contributed by atoms with Crippen molar-refractivity contribution in [2.24, 2.45) is 5.92 Å². The molecule has 24 heavy (non-hydrogen) atoms. The van der Waals surface area contributed by atoms with Crippen molar-refractivity contribution in [3.63, 3.8) is 0 Å². The molecular weight excluding hydrogens is 327 g/mol. The van der Waals surface area contributed by atoms with E-state index in [0.29, 0.717) is 13.0 Å². The number of halogens is 3. The third kappa shape index (κ3) is 3.09. The number of aliphatic hydroxyl groups excluding tert-OH is 2. The Labute approximate surface area is 134 Å². The molecule has 2 heterocycles. The van der Waals surface area contributed by atoms with Crippen molar-refractivity contribution in [1.82, 2.24) is 14.9 Å². The summed E-state index contributed by atoms with van der Waals surface area (Å²) < 4.78 is 38.0. The number of imidazole rings is 1. The molecule has 9 heteroatoms. The number of aliphatic hydroxyl groups is 2. The Bertz CT molecular complexity index is 759. The monoisotopic (exact) mass is 343 g/mol. The number of hydrogen-bond donors (Lipinski definition) is 3. The van der Waals surface area contributed by atoms with E-state index in [1.165, 1.54) is 23.1 Å². The molecule has 0 bridgehead atoms. The zero-order chi connectivity index (χ0) is 17.5. The predicted octanol–water partition coefficient (Wildman–Crippen LogP) is 1.40. The van der Waals surface area contributed by atoms with Crippen molar-refractivity contribution in [2.75, 3.05) is 19.7 Å². The zero-order valence-corrected chi connectivity index (χ0v) is 12.5. The molecule has 1 aromatic heterocycles. The summed E-state index contributed by atoms with van der Waals surface area (Å²) >= 11 is 0. The molecule has 1 amide bonds. The molecule has 1 aliphatic rings. The molecule has 0 aliphatic carbocycles. The molecular formula is C15H16F3N3O3. The number of carbonyl (C=O) groups is 1. The van der Waals surface area contributed by atoms with Gasteiger partial charge in [-0.05, 0) is 24.6 Å². The number of benzene rings is 1. The lowest BCUT2D eigenvalue weighted by molar-refractivity contribution is -0.144. The fourth-order valence-electron chi connectivity index (χ4n) is 2.84. The number of rotatable bonds is 2. The van der Waals surface area contributed by atoms with Crippen molar-refractivity contribution in [3.8, 4) is 0 Å². The van der Waals surface area contributed by atoms with Gasteiger partial charge in [0.2, 0.25) is 5.82 Å². The molecule has 1 aliphatic heterocycles. The Morgan fingerprint density at radius 3 is 2.79 bits per heavy atom. The predicted molar refractivity (Wildman–Crippen MR) is 78.2 cm³/mol. The highest BCUT2D eigenvalue weighted by atomic mass is 19.4. The van der Waals surface area contributed by atoms with Gasteiger partial charge in [0.1, 0.15) is 0 Å². The van der Waals surface area contributed by atoms with Crippen molar-refractivity contribution in [1.29, 1.82) is 0 Å². The van der Waals surface area contributed by atoms with Gasteiger partial charge in [-0.1, -0.05) is 0 Å². The van der Waals surface area contributed by atoms with E-state index >= 15 is 0 Å². The third-order valence-electron chi connectivity index (χ3n) is 4.24. The van der Waals surface area contributed by atoms with Gasteiger partial charge in [0.15, 0.2) is 0 Å². The fourth-order valence-corrected chi connectivity index (χ4v) is 2.84. The summed E-state index contributed by atoms with van der Waals surface area (Å²) in [5.41, 5.74) is 0.464. The first-order valence-electron chi connectivity index (χ1n) is 7.44. The molecule has 2 aromatic rings. The number of hydrogen-bond acceptors (Lipinski definition) is 4. The molecule has 3 N–H and O–H groups in total. The fraction of sp³-hybridized carbons (Fsp3) is 0.467. The second-order valence-electron chi connectivity index (χ2n) is 5.86. The van der Waals surface area contributed by atoms with Gasteiger partial charge in [0, 0.05) is 31.2 Å². The van der Waals surface area contributed by atoms with Crippen LogP contribution in [-0.2, 0) is 6.18 Å². The first-order chi connectivity index (χ1) is 11.3. The number of aromatic amines is 1. The van der Waals surface area contributed by atoms with E-state index in [0.717, 1.165) is 0 Å². The first-order valence-corrected chi connectivity index (χ1v) is 7.44. The average molecular weight is 343 g/mol. The number of nitrogens with zero attached hydrogens (tertiary/aromatic N) is 2. The van der Waals surface area contributed by atoms with Gasteiger partial charge in [0.05, 0.1) is 17.1 Å². The summed E-state index contributed by atoms with van der Waals surface area (Å²) in [5.74, 6) is -1.75. The number of piperidine rings is 1. The Hall–Kier alpha value is -2.13. The summed E-state index contributed by atoms with van der Waals surface area (Å²) in [4.78, 5) is 19.5. The second kappa shape index (κ2) is 6.06. The van der Waals surface area contributed by atoms with Crippen LogP contribution in [0.4, 0.5) is 13.2 Å². The Morgan fingerprint density at radius 1 is 1.42 bits per heavy atom. The zero-order valence-electron chi connectivity index (χ0n) is 12.5. The minimum absolute atomic E-state index is 0.0822. The van der Waals surface area contributed by atoms with Crippen LogP contribution >= 0.6 is 0 Å². The molecule has 0 unspecified atom stereocenters. The number of amides is 1. The van der Waals surface area contributed by atoms with Crippen molar-refractivity contribution >= 4 is 16.9 Å². The molecule has 0 spiro atoms. The summed E-state index contributed by atoms with van der Waals surface area (Å²) in [6, 6.07) is 4.09. The minimum Gasteiger partial charge on any atom is -0.396 e. The average Bonchev–Trinajstić information content (AvgIpc) is 2.97. The maximum atomic E-state index is 12.7. The number of alkyl halides is 3. The number of nitrogens with one attached hydrogen (secondary N) is 1. The van der Waals surface area contributed by atoms with Gasteiger partial charge in [-0.15, -0.1) is 0 Å². The van der Waals surface area contributed by atoms with Gasteiger partial charge in [-0.2, -0.15) is 13.2 Å².